The van der Waals surface area contributed by atoms with Gasteiger partial charge in [-0.25, -0.2) is 5.90 Å². The van der Waals surface area contributed by atoms with E-state index in [1.54, 1.807) is 0 Å². The Bertz CT molecular complexity index is 170. The molecule has 0 spiro atoms. The summed E-state index contributed by atoms with van der Waals surface area (Å²) in [7, 11) is 0. The van der Waals surface area contributed by atoms with Gasteiger partial charge < -0.3 is 9.57 Å². The maximum absolute atomic E-state index is 5.57. The molecule has 0 saturated heterocycles. The van der Waals surface area contributed by atoms with Crippen LogP contribution in [0.5, 0.6) is 0 Å². The Morgan fingerprint density at radius 1 is 0.750 bits per heavy atom. The summed E-state index contributed by atoms with van der Waals surface area (Å²) in [5.41, 5.74) is 0. The molecule has 3 heteroatoms. The molecular formula is C17H37NO2. The van der Waals surface area contributed by atoms with E-state index in [4.69, 9.17) is 10.6 Å². The van der Waals surface area contributed by atoms with Gasteiger partial charge in [-0.2, -0.15) is 0 Å². The van der Waals surface area contributed by atoms with Gasteiger partial charge in [0.15, 0.2) is 0 Å². The van der Waals surface area contributed by atoms with E-state index in [0.717, 1.165) is 13.0 Å². The summed E-state index contributed by atoms with van der Waals surface area (Å²) in [6.07, 6.45) is 16.4. The lowest BCUT2D eigenvalue weighted by molar-refractivity contribution is -0.0173. The van der Waals surface area contributed by atoms with Crippen molar-refractivity contribution in [2.45, 2.75) is 97.0 Å². The lowest BCUT2D eigenvalue weighted by atomic mass is 10.0. The molecule has 0 saturated carbocycles. The Morgan fingerprint density at radius 3 is 1.70 bits per heavy atom. The molecule has 0 aromatic heterocycles. The molecule has 0 radical (unpaired) electrons. The zero-order valence-corrected chi connectivity index (χ0v) is 13.9. The van der Waals surface area contributed by atoms with Gasteiger partial charge in [0, 0.05) is 6.61 Å². The first-order chi connectivity index (χ1) is 9.85. The molecule has 0 aromatic carbocycles. The maximum Gasteiger partial charge on any atom is 0.0941 e. The first-order valence-electron chi connectivity index (χ1n) is 8.78. The highest BCUT2D eigenvalue weighted by Crippen LogP contribution is 2.13. The van der Waals surface area contributed by atoms with Crippen LogP contribution in [0.25, 0.3) is 0 Å². The molecule has 0 heterocycles. The molecule has 0 bridgehead atoms. The normalized spacial score (nSPS) is 12.8. The van der Waals surface area contributed by atoms with E-state index < -0.39 is 0 Å². The summed E-state index contributed by atoms with van der Waals surface area (Å²) in [5.74, 6) is 5.11. The summed E-state index contributed by atoms with van der Waals surface area (Å²) in [6, 6.07) is 0. The monoisotopic (exact) mass is 287 g/mol. The molecule has 0 aliphatic carbocycles. The Labute approximate surface area is 126 Å². The fourth-order valence-corrected chi connectivity index (χ4v) is 2.59. The Balaban J connectivity index is 3.18. The highest BCUT2D eigenvalue weighted by atomic mass is 16.6. The number of rotatable bonds is 16. The van der Waals surface area contributed by atoms with E-state index in [1.807, 2.05) is 6.92 Å². The molecule has 0 fully saturated rings. The molecule has 122 valence electrons. The van der Waals surface area contributed by atoms with E-state index in [1.165, 1.54) is 70.6 Å². The molecular weight excluding hydrogens is 250 g/mol. The molecule has 0 aliphatic rings. The summed E-state index contributed by atoms with van der Waals surface area (Å²) < 4.78 is 5.57. The van der Waals surface area contributed by atoms with Gasteiger partial charge in [-0.15, -0.1) is 0 Å². The standard InChI is InChI=1S/C17H37NO2/c1-3-5-6-7-8-9-10-11-12-13-14-15-17(16-20-18)19-4-2/h17H,3-16,18H2,1-2H3. The summed E-state index contributed by atoms with van der Waals surface area (Å²) in [6.45, 7) is 5.55. The van der Waals surface area contributed by atoms with E-state index >= 15 is 0 Å². The molecule has 1 atom stereocenters. The lowest BCUT2D eigenvalue weighted by Crippen LogP contribution is -2.22. The van der Waals surface area contributed by atoms with Crippen molar-refractivity contribution in [3.8, 4) is 0 Å². The largest absolute Gasteiger partial charge is 0.376 e. The average molecular weight is 287 g/mol. The number of ether oxygens (including phenoxy) is 1. The number of hydrogen-bond donors (Lipinski definition) is 1. The van der Waals surface area contributed by atoms with Crippen LogP contribution in [0.1, 0.15) is 90.9 Å². The number of nitrogens with two attached hydrogens (primary N) is 1. The zero-order chi connectivity index (χ0) is 14.9. The minimum atomic E-state index is 0.184. The molecule has 2 N–H and O–H groups in total. The third-order valence-corrected chi connectivity index (χ3v) is 3.81. The number of unbranched alkanes of at least 4 members (excludes halogenated alkanes) is 10. The summed E-state index contributed by atoms with van der Waals surface area (Å²) in [4.78, 5) is 4.68. The third-order valence-electron chi connectivity index (χ3n) is 3.81. The SMILES string of the molecule is CCCCCCCCCCCCCC(CON)OCC. The second kappa shape index (κ2) is 16.9. The van der Waals surface area contributed by atoms with Crippen LogP contribution in [-0.4, -0.2) is 19.3 Å². The average Bonchev–Trinajstić information content (AvgIpc) is 2.45. The molecule has 3 nitrogen and oxygen atoms in total. The van der Waals surface area contributed by atoms with Gasteiger partial charge >= 0.3 is 0 Å². The molecule has 0 aliphatic heterocycles. The van der Waals surface area contributed by atoms with Gasteiger partial charge in [0.05, 0.1) is 12.7 Å². The van der Waals surface area contributed by atoms with E-state index in [-0.39, 0.29) is 6.10 Å². The topological polar surface area (TPSA) is 44.5 Å². The fourth-order valence-electron chi connectivity index (χ4n) is 2.59. The van der Waals surface area contributed by atoms with Crippen molar-refractivity contribution in [3.05, 3.63) is 0 Å². The van der Waals surface area contributed by atoms with Crippen molar-refractivity contribution in [2.75, 3.05) is 13.2 Å². The van der Waals surface area contributed by atoms with Crippen LogP contribution in [0.4, 0.5) is 0 Å². The van der Waals surface area contributed by atoms with Crippen molar-refractivity contribution >= 4 is 0 Å². The Hall–Kier alpha value is -0.120. The van der Waals surface area contributed by atoms with Gasteiger partial charge in [0.1, 0.15) is 0 Å². The summed E-state index contributed by atoms with van der Waals surface area (Å²) >= 11 is 0. The second-order valence-corrected chi connectivity index (χ2v) is 5.73. The summed E-state index contributed by atoms with van der Waals surface area (Å²) in [5, 5.41) is 0. The van der Waals surface area contributed by atoms with Crippen LogP contribution in [0, 0.1) is 0 Å². The molecule has 0 aromatic rings. The quantitative estimate of drug-likeness (QED) is 0.321. The number of hydrogen-bond acceptors (Lipinski definition) is 3. The Kier molecular flexibility index (Phi) is 16.8. The van der Waals surface area contributed by atoms with Crippen molar-refractivity contribution in [1.82, 2.24) is 0 Å². The minimum absolute atomic E-state index is 0.184. The van der Waals surface area contributed by atoms with E-state index in [9.17, 15) is 0 Å². The molecule has 0 rings (SSSR count). The van der Waals surface area contributed by atoms with Gasteiger partial charge in [-0.1, -0.05) is 77.6 Å². The minimum Gasteiger partial charge on any atom is -0.376 e. The van der Waals surface area contributed by atoms with Crippen LogP contribution < -0.4 is 5.90 Å². The lowest BCUT2D eigenvalue weighted by Gasteiger charge is -2.15. The van der Waals surface area contributed by atoms with Crippen LogP contribution in [0.15, 0.2) is 0 Å². The van der Waals surface area contributed by atoms with Crippen LogP contribution in [0.2, 0.25) is 0 Å². The fraction of sp³-hybridized carbons (Fsp3) is 1.00. The first kappa shape index (κ1) is 19.9. The van der Waals surface area contributed by atoms with Crippen LogP contribution in [0.3, 0.4) is 0 Å². The highest BCUT2D eigenvalue weighted by Gasteiger charge is 2.07. The van der Waals surface area contributed by atoms with Gasteiger partial charge in [-0.05, 0) is 13.3 Å². The van der Waals surface area contributed by atoms with Crippen molar-refractivity contribution in [3.63, 3.8) is 0 Å². The molecule has 1 unspecified atom stereocenters. The third kappa shape index (κ3) is 14.3. The molecule has 20 heavy (non-hydrogen) atoms. The second-order valence-electron chi connectivity index (χ2n) is 5.73. The highest BCUT2D eigenvalue weighted by molar-refractivity contribution is 4.57. The molecule has 0 amide bonds. The zero-order valence-electron chi connectivity index (χ0n) is 13.9. The van der Waals surface area contributed by atoms with Crippen molar-refractivity contribution in [2.24, 2.45) is 5.90 Å². The van der Waals surface area contributed by atoms with Gasteiger partial charge in [0.2, 0.25) is 0 Å². The van der Waals surface area contributed by atoms with Crippen LogP contribution >= 0.6 is 0 Å². The van der Waals surface area contributed by atoms with Gasteiger partial charge in [0.25, 0.3) is 0 Å². The first-order valence-corrected chi connectivity index (χ1v) is 8.78. The maximum atomic E-state index is 5.57. The van der Waals surface area contributed by atoms with E-state index in [0.29, 0.717) is 6.61 Å². The van der Waals surface area contributed by atoms with Gasteiger partial charge in [-0.3, -0.25) is 0 Å². The van der Waals surface area contributed by atoms with Crippen molar-refractivity contribution in [1.29, 1.82) is 0 Å². The predicted octanol–water partition coefficient (Wildman–Crippen LogP) is 4.98. The predicted molar refractivity (Wildman–Crippen MR) is 86.6 cm³/mol. The Morgan fingerprint density at radius 2 is 1.25 bits per heavy atom. The smallest absolute Gasteiger partial charge is 0.0941 e. The van der Waals surface area contributed by atoms with E-state index in [2.05, 4.69) is 11.8 Å². The van der Waals surface area contributed by atoms with Crippen molar-refractivity contribution < 1.29 is 9.57 Å². The van der Waals surface area contributed by atoms with Crippen LogP contribution in [-0.2, 0) is 9.57 Å².